The van der Waals surface area contributed by atoms with Crippen molar-refractivity contribution in [2.45, 2.75) is 50.9 Å². The van der Waals surface area contributed by atoms with Crippen molar-refractivity contribution in [1.29, 1.82) is 0 Å². The number of carbonyl (C=O) groups is 4. The molecule has 0 amide bonds. The number of carbonyl (C=O) groups excluding carboxylic acids is 4. The zero-order valence-electron chi connectivity index (χ0n) is 13.8. The van der Waals surface area contributed by atoms with Crippen LogP contribution in [-0.4, -0.2) is 64.6 Å². The first kappa shape index (κ1) is 20.2. The van der Waals surface area contributed by atoms with Gasteiger partial charge in [-0.1, -0.05) is 0 Å². The monoisotopic (exact) mass is 364 g/mol. The number of hydrogen-bond acceptors (Lipinski definition) is 10. The SMILES string of the molecule is CC(=O)OC[C@@]1(O)SC[C@H](OC(C)=O)[C@@H](OC(C)=O)[C@@H]1OC(C)=O. The van der Waals surface area contributed by atoms with Crippen molar-refractivity contribution < 1.29 is 43.2 Å². The van der Waals surface area contributed by atoms with Crippen LogP contribution in [0.4, 0.5) is 0 Å². The third-order valence-electron chi connectivity index (χ3n) is 3.00. The molecule has 0 saturated carbocycles. The number of rotatable bonds is 5. The van der Waals surface area contributed by atoms with E-state index >= 15 is 0 Å². The summed E-state index contributed by atoms with van der Waals surface area (Å²) >= 11 is 0.871. The van der Waals surface area contributed by atoms with Gasteiger partial charge in [0, 0.05) is 33.4 Å². The molecule has 10 heteroatoms. The van der Waals surface area contributed by atoms with Crippen molar-refractivity contribution in [3.8, 4) is 0 Å². The maximum absolute atomic E-state index is 11.4. The summed E-state index contributed by atoms with van der Waals surface area (Å²) in [6.07, 6.45) is -3.56. The van der Waals surface area contributed by atoms with E-state index in [1.807, 2.05) is 0 Å². The topological polar surface area (TPSA) is 125 Å². The summed E-state index contributed by atoms with van der Waals surface area (Å²) in [5.74, 6) is -2.67. The number of aliphatic hydroxyl groups is 1. The van der Waals surface area contributed by atoms with Crippen molar-refractivity contribution in [2.75, 3.05) is 12.4 Å². The van der Waals surface area contributed by atoms with Gasteiger partial charge in [-0.3, -0.25) is 19.2 Å². The molecule has 0 aromatic carbocycles. The molecule has 0 spiro atoms. The van der Waals surface area contributed by atoms with E-state index in [-0.39, 0.29) is 5.75 Å². The van der Waals surface area contributed by atoms with Crippen LogP contribution < -0.4 is 0 Å². The van der Waals surface area contributed by atoms with Gasteiger partial charge in [0.1, 0.15) is 6.61 Å². The molecule has 1 fully saturated rings. The lowest BCUT2D eigenvalue weighted by Gasteiger charge is -2.44. The Labute approximate surface area is 142 Å². The highest BCUT2D eigenvalue weighted by atomic mass is 32.2. The van der Waals surface area contributed by atoms with Gasteiger partial charge in [-0.15, -0.1) is 11.8 Å². The average Bonchev–Trinajstić information content (AvgIpc) is 2.43. The van der Waals surface area contributed by atoms with Gasteiger partial charge in [-0.2, -0.15) is 0 Å². The zero-order chi connectivity index (χ0) is 18.5. The summed E-state index contributed by atoms with van der Waals surface area (Å²) < 4.78 is 20.1. The molecule has 0 unspecified atom stereocenters. The molecular formula is C14H20O9S. The van der Waals surface area contributed by atoms with Gasteiger partial charge in [-0.05, 0) is 0 Å². The van der Waals surface area contributed by atoms with Crippen LogP contribution in [0.15, 0.2) is 0 Å². The van der Waals surface area contributed by atoms with Crippen LogP contribution in [0.2, 0.25) is 0 Å². The molecule has 1 saturated heterocycles. The Kier molecular flexibility index (Phi) is 7.03. The van der Waals surface area contributed by atoms with Gasteiger partial charge in [0.2, 0.25) is 0 Å². The van der Waals surface area contributed by atoms with Crippen molar-refractivity contribution in [3.63, 3.8) is 0 Å². The third-order valence-corrected chi connectivity index (χ3v) is 4.35. The Morgan fingerprint density at radius 2 is 1.50 bits per heavy atom. The second-order valence-corrected chi connectivity index (χ2v) is 6.52. The Bertz CT molecular complexity index is 520. The van der Waals surface area contributed by atoms with E-state index in [1.54, 1.807) is 0 Å². The normalized spacial score (nSPS) is 29.3. The van der Waals surface area contributed by atoms with E-state index in [0.29, 0.717) is 0 Å². The average molecular weight is 364 g/mol. The predicted octanol–water partition coefficient (Wildman–Crippen LogP) is -0.220. The van der Waals surface area contributed by atoms with E-state index in [0.717, 1.165) is 32.5 Å². The molecule has 0 aliphatic carbocycles. The van der Waals surface area contributed by atoms with Crippen molar-refractivity contribution in [3.05, 3.63) is 0 Å². The molecular weight excluding hydrogens is 344 g/mol. The highest BCUT2D eigenvalue weighted by molar-refractivity contribution is 8.00. The van der Waals surface area contributed by atoms with Crippen LogP contribution in [0.1, 0.15) is 27.7 Å². The molecule has 1 aliphatic heterocycles. The van der Waals surface area contributed by atoms with E-state index in [1.165, 1.54) is 6.92 Å². The minimum atomic E-state index is -1.85. The molecule has 0 radical (unpaired) electrons. The molecule has 0 bridgehead atoms. The van der Waals surface area contributed by atoms with Crippen LogP contribution >= 0.6 is 11.8 Å². The van der Waals surface area contributed by atoms with Gasteiger partial charge >= 0.3 is 23.9 Å². The lowest BCUT2D eigenvalue weighted by molar-refractivity contribution is -0.201. The Balaban J connectivity index is 3.14. The van der Waals surface area contributed by atoms with Crippen molar-refractivity contribution in [2.24, 2.45) is 0 Å². The van der Waals surface area contributed by atoms with Gasteiger partial charge in [0.15, 0.2) is 23.2 Å². The van der Waals surface area contributed by atoms with Crippen molar-refractivity contribution in [1.82, 2.24) is 0 Å². The molecule has 1 N–H and O–H groups in total. The number of ether oxygens (including phenoxy) is 4. The molecule has 1 rings (SSSR count). The second kappa shape index (κ2) is 8.34. The third kappa shape index (κ3) is 5.68. The number of hydrogen-bond donors (Lipinski definition) is 1. The fourth-order valence-electron chi connectivity index (χ4n) is 2.17. The predicted molar refractivity (Wildman–Crippen MR) is 80.7 cm³/mol. The lowest BCUT2D eigenvalue weighted by Crippen LogP contribution is -2.62. The van der Waals surface area contributed by atoms with Crippen LogP contribution in [0.3, 0.4) is 0 Å². The molecule has 24 heavy (non-hydrogen) atoms. The summed E-state index contributed by atoms with van der Waals surface area (Å²) in [5.41, 5.74) is 0. The first-order chi connectivity index (χ1) is 11.0. The van der Waals surface area contributed by atoms with Crippen LogP contribution in [-0.2, 0) is 38.1 Å². The zero-order valence-corrected chi connectivity index (χ0v) is 14.6. The maximum atomic E-state index is 11.4. The fraction of sp³-hybridized carbons (Fsp3) is 0.714. The standard InChI is InChI=1S/C14H20O9S/c1-7(15)20-6-14(19)13(23-10(4)18)12(22-9(3)17)11(5-24-14)21-8(2)16/h11-13,19H,5-6H2,1-4H3/t11-,12+,13-,14+/m0/s1. The molecule has 0 aromatic heterocycles. The molecule has 4 atom stereocenters. The van der Waals surface area contributed by atoms with E-state index in [4.69, 9.17) is 18.9 Å². The van der Waals surface area contributed by atoms with Gasteiger partial charge in [-0.25, -0.2) is 0 Å². The maximum Gasteiger partial charge on any atom is 0.303 e. The van der Waals surface area contributed by atoms with Gasteiger partial charge < -0.3 is 24.1 Å². The summed E-state index contributed by atoms with van der Waals surface area (Å²) in [6.45, 7) is 4.08. The van der Waals surface area contributed by atoms with Crippen LogP contribution in [0.5, 0.6) is 0 Å². The van der Waals surface area contributed by atoms with E-state index in [9.17, 15) is 24.3 Å². The largest absolute Gasteiger partial charge is 0.462 e. The first-order valence-electron chi connectivity index (χ1n) is 7.06. The number of thioether (sulfide) groups is 1. The Morgan fingerprint density at radius 3 is 1.96 bits per heavy atom. The first-order valence-corrected chi connectivity index (χ1v) is 8.05. The summed E-state index contributed by atoms with van der Waals surface area (Å²) in [5, 5.41) is 10.7. The van der Waals surface area contributed by atoms with Crippen LogP contribution in [0, 0.1) is 0 Å². The van der Waals surface area contributed by atoms with Gasteiger partial charge in [0.05, 0.1) is 0 Å². The fourth-order valence-corrected chi connectivity index (χ4v) is 3.36. The molecule has 1 heterocycles. The van der Waals surface area contributed by atoms with E-state index < -0.39 is 53.7 Å². The minimum absolute atomic E-state index is 0.0487. The van der Waals surface area contributed by atoms with E-state index in [2.05, 4.69) is 0 Å². The molecule has 9 nitrogen and oxygen atoms in total. The van der Waals surface area contributed by atoms with Crippen LogP contribution in [0.25, 0.3) is 0 Å². The second-order valence-electron chi connectivity index (χ2n) is 5.19. The molecule has 136 valence electrons. The Hall–Kier alpha value is -1.81. The summed E-state index contributed by atoms with van der Waals surface area (Å²) in [6, 6.07) is 0. The lowest BCUT2D eigenvalue weighted by atomic mass is 10.0. The molecule has 0 aromatic rings. The minimum Gasteiger partial charge on any atom is -0.462 e. The van der Waals surface area contributed by atoms with Gasteiger partial charge in [0.25, 0.3) is 0 Å². The Morgan fingerprint density at radius 1 is 0.958 bits per heavy atom. The summed E-state index contributed by atoms with van der Waals surface area (Å²) in [4.78, 5) is 43.2. The highest BCUT2D eigenvalue weighted by Crippen LogP contribution is 2.39. The smallest absolute Gasteiger partial charge is 0.303 e. The summed E-state index contributed by atoms with van der Waals surface area (Å²) in [7, 11) is 0. The molecule has 1 aliphatic rings. The quantitative estimate of drug-likeness (QED) is 0.517. The van der Waals surface area contributed by atoms with Crippen molar-refractivity contribution >= 4 is 35.6 Å². The highest BCUT2D eigenvalue weighted by Gasteiger charge is 2.55. The number of esters is 4.